The first-order valence-electron chi connectivity index (χ1n) is 5.19. The van der Waals surface area contributed by atoms with Crippen LogP contribution in [0.25, 0.3) is 0 Å². The number of thiophene rings is 1. The molecule has 86 valence electrons. The van der Waals surface area contributed by atoms with E-state index in [9.17, 15) is 4.79 Å². The summed E-state index contributed by atoms with van der Waals surface area (Å²) < 4.78 is 0. The molecule has 0 saturated heterocycles. The summed E-state index contributed by atoms with van der Waals surface area (Å²) in [6.07, 6.45) is 0. The lowest BCUT2D eigenvalue weighted by atomic mass is 10.0. The Kier molecular flexibility index (Phi) is 2.97. The van der Waals surface area contributed by atoms with Crippen LogP contribution in [0.2, 0.25) is 0 Å². The van der Waals surface area contributed by atoms with E-state index < -0.39 is 0 Å². The van der Waals surface area contributed by atoms with Gasteiger partial charge in [-0.1, -0.05) is 56.1 Å². The van der Waals surface area contributed by atoms with Crippen LogP contribution < -0.4 is 0 Å². The van der Waals surface area contributed by atoms with Crippen LogP contribution in [-0.2, 0) is 0 Å². The van der Waals surface area contributed by atoms with Crippen LogP contribution >= 0.6 is 43.2 Å². The van der Waals surface area contributed by atoms with Crippen molar-refractivity contribution in [1.82, 2.24) is 0 Å². The molecular formula is C13H8Br2OS. The molecule has 0 N–H and O–H groups in total. The summed E-state index contributed by atoms with van der Waals surface area (Å²) in [5.74, 6) is 0.128. The molecule has 2 atom stereocenters. The van der Waals surface area contributed by atoms with Crippen molar-refractivity contribution in [1.29, 1.82) is 0 Å². The van der Waals surface area contributed by atoms with Crippen LogP contribution in [0.4, 0.5) is 0 Å². The summed E-state index contributed by atoms with van der Waals surface area (Å²) in [7, 11) is 0. The SMILES string of the molecule is O=C1c2ccccc2[C@H](Br)[C@@H](Br)c2sccc21. The van der Waals surface area contributed by atoms with Gasteiger partial charge in [0.25, 0.3) is 0 Å². The van der Waals surface area contributed by atoms with Crippen LogP contribution in [0.5, 0.6) is 0 Å². The van der Waals surface area contributed by atoms with Gasteiger partial charge in [0.15, 0.2) is 5.78 Å². The van der Waals surface area contributed by atoms with Gasteiger partial charge >= 0.3 is 0 Å². The molecule has 0 amide bonds. The molecule has 0 fully saturated rings. The maximum Gasteiger partial charge on any atom is 0.194 e. The number of halogens is 2. The Balaban J connectivity index is 2.30. The van der Waals surface area contributed by atoms with Crippen molar-refractivity contribution < 1.29 is 4.79 Å². The number of alkyl halides is 2. The third-order valence-corrected chi connectivity index (χ3v) is 6.97. The molecule has 0 unspecified atom stereocenters. The van der Waals surface area contributed by atoms with E-state index in [1.54, 1.807) is 11.3 Å². The lowest BCUT2D eigenvalue weighted by Crippen LogP contribution is -2.02. The van der Waals surface area contributed by atoms with Gasteiger partial charge in [-0.15, -0.1) is 11.3 Å². The second-order valence-electron chi connectivity index (χ2n) is 3.92. The van der Waals surface area contributed by atoms with Gasteiger partial charge in [0.1, 0.15) is 0 Å². The zero-order valence-corrected chi connectivity index (χ0v) is 12.7. The zero-order valence-electron chi connectivity index (χ0n) is 8.69. The predicted octanol–water partition coefficient (Wildman–Crippen LogP) is 4.86. The molecule has 0 aliphatic heterocycles. The number of benzene rings is 1. The summed E-state index contributed by atoms with van der Waals surface area (Å²) in [6, 6.07) is 9.71. The Morgan fingerprint density at radius 3 is 2.59 bits per heavy atom. The van der Waals surface area contributed by atoms with Gasteiger partial charge in [-0.3, -0.25) is 4.79 Å². The van der Waals surface area contributed by atoms with Crippen molar-refractivity contribution in [2.24, 2.45) is 0 Å². The summed E-state index contributed by atoms with van der Waals surface area (Å²) in [5, 5.41) is 1.98. The summed E-state index contributed by atoms with van der Waals surface area (Å²) in [6.45, 7) is 0. The third kappa shape index (κ3) is 1.74. The first-order chi connectivity index (χ1) is 8.20. The van der Waals surface area contributed by atoms with Gasteiger partial charge in [-0.05, 0) is 17.0 Å². The van der Waals surface area contributed by atoms with E-state index in [2.05, 4.69) is 31.9 Å². The summed E-state index contributed by atoms with van der Waals surface area (Å²) in [4.78, 5) is 13.8. The topological polar surface area (TPSA) is 17.1 Å². The minimum absolute atomic E-state index is 0.127. The van der Waals surface area contributed by atoms with Crippen molar-refractivity contribution in [3.05, 3.63) is 57.3 Å². The van der Waals surface area contributed by atoms with Crippen LogP contribution in [0.15, 0.2) is 35.7 Å². The highest BCUT2D eigenvalue weighted by Crippen LogP contribution is 2.49. The average Bonchev–Trinajstić information content (AvgIpc) is 2.82. The van der Waals surface area contributed by atoms with E-state index >= 15 is 0 Å². The maximum atomic E-state index is 12.4. The smallest absolute Gasteiger partial charge is 0.194 e. The molecule has 2 aromatic rings. The van der Waals surface area contributed by atoms with E-state index in [0.29, 0.717) is 0 Å². The number of hydrogen-bond donors (Lipinski definition) is 0. The molecule has 0 bridgehead atoms. The largest absolute Gasteiger partial charge is 0.289 e. The number of fused-ring (bicyclic) bond motifs is 2. The second kappa shape index (κ2) is 4.34. The third-order valence-electron chi connectivity index (χ3n) is 2.95. The van der Waals surface area contributed by atoms with E-state index in [1.165, 1.54) is 0 Å². The predicted molar refractivity (Wildman–Crippen MR) is 77.5 cm³/mol. The van der Waals surface area contributed by atoms with Crippen LogP contribution in [0.3, 0.4) is 0 Å². The van der Waals surface area contributed by atoms with Gasteiger partial charge in [0.05, 0.1) is 9.65 Å². The fourth-order valence-corrected chi connectivity index (χ4v) is 4.70. The lowest BCUT2D eigenvalue weighted by molar-refractivity contribution is 0.103. The number of hydrogen-bond acceptors (Lipinski definition) is 2. The minimum atomic E-state index is 0.127. The van der Waals surface area contributed by atoms with E-state index in [-0.39, 0.29) is 15.4 Å². The van der Waals surface area contributed by atoms with Gasteiger partial charge in [-0.25, -0.2) is 0 Å². The molecule has 1 aliphatic rings. The molecule has 0 radical (unpaired) electrons. The Morgan fingerprint density at radius 2 is 1.76 bits per heavy atom. The molecule has 0 spiro atoms. The van der Waals surface area contributed by atoms with Crippen molar-refractivity contribution in [2.75, 3.05) is 0 Å². The minimum Gasteiger partial charge on any atom is -0.289 e. The zero-order chi connectivity index (χ0) is 12.0. The molecule has 4 heteroatoms. The van der Waals surface area contributed by atoms with E-state index in [1.807, 2.05) is 35.7 Å². The average molecular weight is 372 g/mol. The molecule has 1 nitrogen and oxygen atoms in total. The number of carbonyl (C=O) groups excluding carboxylic acids is 1. The van der Waals surface area contributed by atoms with Crippen molar-refractivity contribution in [3.63, 3.8) is 0 Å². The highest BCUT2D eigenvalue weighted by Gasteiger charge is 2.32. The number of ketones is 1. The van der Waals surface area contributed by atoms with Crippen molar-refractivity contribution in [3.8, 4) is 0 Å². The fraction of sp³-hybridized carbons (Fsp3) is 0.154. The standard InChI is InChI=1S/C13H8Br2OS/c14-10-7-3-1-2-4-8(7)12(16)9-5-6-17-13(9)11(10)15/h1-6,10-11H/t10-,11+/m0/s1. The van der Waals surface area contributed by atoms with Crippen molar-refractivity contribution >= 4 is 49.0 Å². The van der Waals surface area contributed by atoms with Gasteiger partial charge in [0.2, 0.25) is 0 Å². The Labute approximate surface area is 120 Å². The molecule has 0 saturated carbocycles. The van der Waals surface area contributed by atoms with Crippen LogP contribution in [0.1, 0.15) is 36.0 Å². The Hall–Kier alpha value is -0.450. The fourth-order valence-electron chi connectivity index (χ4n) is 2.10. The second-order valence-corrected chi connectivity index (χ2v) is 6.84. The Bertz CT molecular complexity index is 591. The van der Waals surface area contributed by atoms with E-state index in [4.69, 9.17) is 0 Å². The Morgan fingerprint density at radius 1 is 1.00 bits per heavy atom. The van der Waals surface area contributed by atoms with E-state index in [0.717, 1.165) is 21.6 Å². The molecule has 1 aliphatic carbocycles. The quantitative estimate of drug-likeness (QED) is 0.604. The number of rotatable bonds is 0. The number of carbonyl (C=O) groups is 1. The highest BCUT2D eigenvalue weighted by atomic mass is 79.9. The van der Waals surface area contributed by atoms with Crippen LogP contribution in [-0.4, -0.2) is 5.78 Å². The molecular weight excluding hydrogens is 364 g/mol. The molecule has 3 rings (SSSR count). The summed E-state index contributed by atoms with van der Waals surface area (Å²) >= 11 is 9.01. The van der Waals surface area contributed by atoms with Gasteiger partial charge in [0, 0.05) is 16.0 Å². The van der Waals surface area contributed by atoms with Gasteiger partial charge < -0.3 is 0 Å². The maximum absolute atomic E-state index is 12.4. The molecule has 1 heterocycles. The monoisotopic (exact) mass is 370 g/mol. The first kappa shape index (κ1) is 11.6. The molecule has 1 aromatic heterocycles. The molecule has 1 aromatic carbocycles. The molecule has 17 heavy (non-hydrogen) atoms. The van der Waals surface area contributed by atoms with Crippen LogP contribution in [0, 0.1) is 0 Å². The van der Waals surface area contributed by atoms with Gasteiger partial charge in [-0.2, -0.15) is 0 Å². The lowest BCUT2D eigenvalue weighted by Gasteiger charge is -2.15. The summed E-state index contributed by atoms with van der Waals surface area (Å²) in [5.41, 5.74) is 2.69. The first-order valence-corrected chi connectivity index (χ1v) is 7.90. The van der Waals surface area contributed by atoms with Crippen molar-refractivity contribution in [2.45, 2.75) is 9.65 Å². The normalized spacial score (nSPS) is 22.8. The highest BCUT2D eigenvalue weighted by molar-refractivity contribution is 9.12.